The van der Waals surface area contributed by atoms with Gasteiger partial charge in [-0.3, -0.25) is 76.7 Å². The van der Waals surface area contributed by atoms with Gasteiger partial charge < -0.3 is 88.5 Å². The van der Waals surface area contributed by atoms with Gasteiger partial charge in [0.2, 0.25) is 47.3 Å². The molecule has 0 aromatic rings. The summed E-state index contributed by atoms with van der Waals surface area (Å²) in [6.07, 6.45) is -10.9. The third-order valence-corrected chi connectivity index (χ3v) is 8.14. The van der Waals surface area contributed by atoms with Gasteiger partial charge in [-0.25, -0.2) is 4.79 Å². The van der Waals surface area contributed by atoms with Crippen LogP contribution in [0, 0.1) is 0 Å². The van der Waals surface area contributed by atoms with E-state index in [4.69, 9.17) is 10.2 Å². The first-order valence-electron chi connectivity index (χ1n) is 18.7. The molecule has 0 saturated heterocycles. The van der Waals surface area contributed by atoms with E-state index in [0.29, 0.717) is 0 Å². The standard InChI is InChI=1S/C34H44N8O26/c1-10(43)35-11(2-19(44)45)27(60)36-12(3-20(46)47)28(61)37-13(4-21(48)49)29(62)38-14(5-22(50)51)30(63)39-15(6-23(52)53)31(64)40-16(7-24(54)55)32(65)41-17(8-25(56)57)33(66)42-18(34(67)68)9-26(58)59/h11-18H,2-9H2,1H3,(H,35,43)(H,36,60)(H,37,61)(H,38,62)(H,39,63)(H,40,64)(H,41,65)(H,42,66)(H,44,45)(H,46,47)(H,48,49)(H,50,51)(H,52,53)(H,54,55)(H,56,57)(H,58,59)(H,67,68). The lowest BCUT2D eigenvalue weighted by molar-refractivity contribution is -0.148. The molecule has 0 heterocycles. The van der Waals surface area contributed by atoms with Crippen LogP contribution in [-0.4, -0.2) is 195 Å². The predicted molar refractivity (Wildman–Crippen MR) is 207 cm³/mol. The van der Waals surface area contributed by atoms with Crippen molar-refractivity contribution in [2.75, 3.05) is 0 Å². The topological polar surface area (TPSA) is 568 Å². The van der Waals surface area contributed by atoms with Gasteiger partial charge in [0.15, 0.2) is 0 Å². The van der Waals surface area contributed by atoms with Crippen molar-refractivity contribution in [2.24, 2.45) is 0 Å². The maximum Gasteiger partial charge on any atom is 0.326 e. The molecule has 0 aromatic carbocycles. The van der Waals surface area contributed by atoms with E-state index in [1.165, 1.54) is 0 Å². The summed E-state index contributed by atoms with van der Waals surface area (Å²) in [5.74, 6) is -29.4. The number of carboxylic acids is 9. The van der Waals surface area contributed by atoms with E-state index in [-0.39, 0.29) is 0 Å². The Morgan fingerprint density at radius 1 is 0.250 bits per heavy atom. The van der Waals surface area contributed by atoms with Crippen molar-refractivity contribution in [3.63, 3.8) is 0 Å². The van der Waals surface area contributed by atoms with Crippen LogP contribution >= 0.6 is 0 Å². The Morgan fingerprint density at radius 2 is 0.382 bits per heavy atom. The first-order chi connectivity index (χ1) is 31.3. The SMILES string of the molecule is CC(=O)NC(CC(=O)O)C(=O)NC(CC(=O)O)C(=O)NC(CC(=O)O)C(=O)NC(CC(=O)O)C(=O)NC(CC(=O)O)C(=O)NC(CC(=O)O)C(=O)NC(CC(=O)O)C(=O)NC(CC(=O)O)C(=O)O. The average Bonchev–Trinajstić information content (AvgIpc) is 3.16. The second-order valence-electron chi connectivity index (χ2n) is 13.8. The normalized spacial score (nSPS) is 14.0. The number of carbonyl (C=O) groups excluding carboxylic acids is 8. The highest BCUT2D eigenvalue weighted by atomic mass is 16.4. The molecule has 0 aliphatic heterocycles. The Kier molecular flexibility index (Phi) is 24.3. The molecule has 17 N–H and O–H groups in total. The number of rotatable bonds is 32. The molecule has 8 amide bonds. The van der Waals surface area contributed by atoms with Gasteiger partial charge in [0.25, 0.3) is 0 Å². The van der Waals surface area contributed by atoms with Crippen LogP contribution < -0.4 is 42.5 Å². The number of amides is 8. The van der Waals surface area contributed by atoms with Crippen molar-refractivity contribution in [1.29, 1.82) is 0 Å². The maximum absolute atomic E-state index is 13.4. The molecule has 0 spiro atoms. The minimum absolute atomic E-state index is 0.864. The molecule has 0 bridgehead atoms. The van der Waals surface area contributed by atoms with Crippen molar-refractivity contribution in [3.8, 4) is 0 Å². The number of carboxylic acid groups (broad SMARTS) is 9. The van der Waals surface area contributed by atoms with E-state index in [2.05, 4.69) is 0 Å². The molecule has 376 valence electrons. The fourth-order valence-electron chi connectivity index (χ4n) is 5.21. The van der Waals surface area contributed by atoms with E-state index in [1.807, 2.05) is 5.32 Å². The highest BCUT2D eigenvalue weighted by Crippen LogP contribution is 2.07. The van der Waals surface area contributed by atoms with Crippen molar-refractivity contribution in [2.45, 2.75) is 107 Å². The molecular formula is C34H44N8O26. The van der Waals surface area contributed by atoms with Crippen molar-refractivity contribution < 1.29 is 127 Å². The van der Waals surface area contributed by atoms with Gasteiger partial charge in [-0.1, -0.05) is 0 Å². The molecule has 34 heteroatoms. The average molecular weight is 981 g/mol. The fraction of sp³-hybridized carbons (Fsp3) is 0.500. The first kappa shape index (κ1) is 59.0. The van der Waals surface area contributed by atoms with Crippen LogP contribution in [0.1, 0.15) is 58.3 Å². The zero-order valence-electron chi connectivity index (χ0n) is 34.7. The molecule has 0 rings (SSSR count). The first-order valence-corrected chi connectivity index (χ1v) is 18.7. The van der Waals surface area contributed by atoms with Gasteiger partial charge >= 0.3 is 53.7 Å². The second kappa shape index (κ2) is 28.0. The molecule has 0 radical (unpaired) electrons. The molecule has 0 saturated carbocycles. The van der Waals surface area contributed by atoms with Crippen LogP contribution in [0.4, 0.5) is 0 Å². The minimum atomic E-state index is -2.46. The van der Waals surface area contributed by atoms with E-state index < -0.39 is 201 Å². The number of nitrogens with one attached hydrogen (secondary N) is 8. The van der Waals surface area contributed by atoms with E-state index in [9.17, 15) is 117 Å². The monoisotopic (exact) mass is 980 g/mol. The Labute approximate surface area is 377 Å². The third-order valence-electron chi connectivity index (χ3n) is 8.14. The molecule has 0 fully saturated rings. The lowest BCUT2D eigenvalue weighted by atomic mass is 10.1. The Morgan fingerprint density at radius 3 is 0.515 bits per heavy atom. The van der Waals surface area contributed by atoms with Gasteiger partial charge in [0.1, 0.15) is 48.3 Å². The van der Waals surface area contributed by atoms with Crippen molar-refractivity contribution in [1.82, 2.24) is 42.5 Å². The van der Waals surface area contributed by atoms with E-state index in [1.54, 1.807) is 37.2 Å². The van der Waals surface area contributed by atoms with Gasteiger partial charge in [0.05, 0.1) is 51.4 Å². The molecule has 34 nitrogen and oxygen atoms in total. The largest absolute Gasteiger partial charge is 0.481 e. The summed E-state index contributed by atoms with van der Waals surface area (Å²) in [5, 5.41) is 97.3. The highest BCUT2D eigenvalue weighted by molar-refractivity contribution is 6.01. The summed E-state index contributed by atoms with van der Waals surface area (Å²) in [6.45, 7) is 0.864. The quantitative estimate of drug-likeness (QED) is 0.0298. The number of hydrogen-bond donors (Lipinski definition) is 17. The van der Waals surface area contributed by atoms with Crippen molar-refractivity contribution in [3.05, 3.63) is 0 Å². The highest BCUT2D eigenvalue weighted by Gasteiger charge is 2.38. The zero-order chi connectivity index (χ0) is 52.7. The lowest BCUT2D eigenvalue weighted by Gasteiger charge is -2.26. The summed E-state index contributed by atoms with van der Waals surface area (Å²) in [7, 11) is 0. The van der Waals surface area contributed by atoms with E-state index in [0.717, 1.165) is 6.92 Å². The van der Waals surface area contributed by atoms with E-state index >= 15 is 0 Å². The fourth-order valence-corrected chi connectivity index (χ4v) is 5.21. The van der Waals surface area contributed by atoms with Gasteiger partial charge in [-0.2, -0.15) is 0 Å². The molecular weight excluding hydrogens is 936 g/mol. The summed E-state index contributed by atoms with van der Waals surface area (Å²) in [6, 6.07) is -18.4. The van der Waals surface area contributed by atoms with Crippen molar-refractivity contribution >= 4 is 101 Å². The van der Waals surface area contributed by atoms with Crippen LogP contribution in [0.5, 0.6) is 0 Å². The van der Waals surface area contributed by atoms with Crippen LogP contribution in [0.3, 0.4) is 0 Å². The Bertz CT molecular complexity index is 2040. The molecule has 0 aliphatic carbocycles. The zero-order valence-corrected chi connectivity index (χ0v) is 34.7. The molecule has 0 aliphatic rings. The molecule has 0 aromatic heterocycles. The molecule has 68 heavy (non-hydrogen) atoms. The predicted octanol–water partition coefficient (Wildman–Crippen LogP) is -8.23. The Hall–Kier alpha value is -9.01. The summed E-state index contributed by atoms with van der Waals surface area (Å²) >= 11 is 0. The smallest absolute Gasteiger partial charge is 0.326 e. The van der Waals surface area contributed by atoms with Crippen LogP contribution in [0.25, 0.3) is 0 Å². The van der Waals surface area contributed by atoms with Crippen LogP contribution in [0.15, 0.2) is 0 Å². The Balaban J connectivity index is 6.68. The number of aliphatic carboxylic acids is 9. The maximum atomic E-state index is 13.4. The number of hydrogen-bond acceptors (Lipinski definition) is 17. The minimum Gasteiger partial charge on any atom is -0.481 e. The summed E-state index contributed by atoms with van der Waals surface area (Å²) in [4.78, 5) is 207. The van der Waals surface area contributed by atoms with Gasteiger partial charge in [-0.15, -0.1) is 0 Å². The lowest BCUT2D eigenvalue weighted by Crippen LogP contribution is -2.61. The summed E-state index contributed by atoms with van der Waals surface area (Å²) < 4.78 is 0. The van der Waals surface area contributed by atoms with Gasteiger partial charge in [-0.05, 0) is 0 Å². The van der Waals surface area contributed by atoms with Crippen LogP contribution in [-0.2, 0) is 81.5 Å². The molecule has 8 unspecified atom stereocenters. The second-order valence-corrected chi connectivity index (χ2v) is 13.8. The summed E-state index contributed by atoms with van der Waals surface area (Å²) in [5.41, 5.74) is 0. The third kappa shape index (κ3) is 23.6. The molecule has 8 atom stereocenters. The van der Waals surface area contributed by atoms with Gasteiger partial charge in [0, 0.05) is 6.92 Å². The number of carbonyl (C=O) groups is 17. The van der Waals surface area contributed by atoms with Crippen LogP contribution in [0.2, 0.25) is 0 Å².